The lowest BCUT2D eigenvalue weighted by atomic mass is 9.95. The minimum absolute atomic E-state index is 0.221. The number of ether oxygens (including phenoxy) is 3. The summed E-state index contributed by atoms with van der Waals surface area (Å²) >= 11 is 0. The zero-order chi connectivity index (χ0) is 13.5. The van der Waals surface area contributed by atoms with Gasteiger partial charge in [0.25, 0.3) is 0 Å². The van der Waals surface area contributed by atoms with Gasteiger partial charge in [-0.05, 0) is 13.8 Å². The van der Waals surface area contributed by atoms with Crippen LogP contribution in [-0.2, 0) is 19.0 Å². The van der Waals surface area contributed by atoms with Crippen molar-refractivity contribution >= 4 is 5.91 Å². The third-order valence-corrected chi connectivity index (χ3v) is 3.08. The molecule has 1 amide bonds. The van der Waals surface area contributed by atoms with E-state index in [2.05, 4.69) is 5.32 Å². The van der Waals surface area contributed by atoms with Crippen LogP contribution in [-0.4, -0.2) is 59.2 Å². The van der Waals surface area contributed by atoms with E-state index in [1.165, 1.54) is 6.92 Å². The summed E-state index contributed by atoms with van der Waals surface area (Å²) in [6, 6.07) is -0.905. The number of fused-ring (bicyclic) bond motifs is 1. The Balaban J connectivity index is 2.12. The van der Waals surface area contributed by atoms with Crippen LogP contribution in [0.1, 0.15) is 20.8 Å². The maximum Gasteiger partial charge on any atom is 0.217 e. The summed E-state index contributed by atoms with van der Waals surface area (Å²) in [6.45, 7) is 4.99. The topological polar surface area (TPSA) is 97.3 Å². The van der Waals surface area contributed by atoms with Crippen LogP contribution in [0.25, 0.3) is 0 Å². The molecule has 0 radical (unpaired) electrons. The van der Waals surface area contributed by atoms with Gasteiger partial charge in [0.15, 0.2) is 12.1 Å². The highest BCUT2D eigenvalue weighted by Gasteiger charge is 2.50. The van der Waals surface area contributed by atoms with Crippen molar-refractivity contribution in [2.45, 2.75) is 57.2 Å². The molecule has 2 heterocycles. The van der Waals surface area contributed by atoms with Crippen LogP contribution in [0.5, 0.6) is 0 Å². The van der Waals surface area contributed by atoms with Gasteiger partial charge in [-0.15, -0.1) is 0 Å². The Labute approximate surface area is 105 Å². The third-order valence-electron chi connectivity index (χ3n) is 3.08. The Bertz CT molecular complexity index is 333. The summed E-state index contributed by atoms with van der Waals surface area (Å²) < 4.78 is 16.3. The first kappa shape index (κ1) is 13.7. The molecule has 2 aliphatic rings. The van der Waals surface area contributed by atoms with Crippen LogP contribution in [0.3, 0.4) is 0 Å². The second-order valence-electron chi connectivity index (χ2n) is 5.08. The molecule has 18 heavy (non-hydrogen) atoms. The van der Waals surface area contributed by atoms with Gasteiger partial charge in [-0.25, -0.2) is 0 Å². The van der Waals surface area contributed by atoms with Gasteiger partial charge >= 0.3 is 0 Å². The summed E-state index contributed by atoms with van der Waals surface area (Å²) in [7, 11) is 0. The highest BCUT2D eigenvalue weighted by molar-refractivity contribution is 5.73. The van der Waals surface area contributed by atoms with Crippen LogP contribution in [0.4, 0.5) is 0 Å². The maximum absolute atomic E-state index is 11.0. The maximum atomic E-state index is 11.0. The normalized spacial score (nSPS) is 43.1. The first-order valence-corrected chi connectivity index (χ1v) is 5.90. The number of amides is 1. The van der Waals surface area contributed by atoms with Gasteiger partial charge in [0, 0.05) is 6.92 Å². The summed E-state index contributed by atoms with van der Waals surface area (Å²) in [4.78, 5) is 11.0. The zero-order valence-corrected chi connectivity index (χ0v) is 10.6. The van der Waals surface area contributed by atoms with Gasteiger partial charge in [-0.3, -0.25) is 4.79 Å². The smallest absolute Gasteiger partial charge is 0.217 e. The second kappa shape index (κ2) is 4.75. The van der Waals surface area contributed by atoms with Gasteiger partial charge < -0.3 is 29.7 Å². The Hall–Kier alpha value is -0.730. The molecular formula is C11H19NO6. The molecule has 7 nitrogen and oxygen atoms in total. The van der Waals surface area contributed by atoms with Crippen molar-refractivity contribution in [3.63, 3.8) is 0 Å². The molecule has 0 aromatic carbocycles. The molecule has 0 saturated carbocycles. The van der Waals surface area contributed by atoms with E-state index in [9.17, 15) is 15.0 Å². The number of aliphatic hydroxyl groups is 2. The van der Waals surface area contributed by atoms with Gasteiger partial charge in [0.05, 0.1) is 6.61 Å². The highest BCUT2D eigenvalue weighted by Crippen LogP contribution is 2.31. The first-order valence-electron chi connectivity index (χ1n) is 5.90. The second-order valence-corrected chi connectivity index (χ2v) is 5.08. The van der Waals surface area contributed by atoms with E-state index in [1.54, 1.807) is 13.8 Å². The van der Waals surface area contributed by atoms with Crippen LogP contribution >= 0.6 is 0 Å². The summed E-state index contributed by atoms with van der Waals surface area (Å²) in [5.74, 6) is -1.18. The van der Waals surface area contributed by atoms with Gasteiger partial charge in [0.2, 0.25) is 5.91 Å². The Morgan fingerprint density at radius 3 is 2.67 bits per heavy atom. The molecule has 2 saturated heterocycles. The van der Waals surface area contributed by atoms with E-state index in [4.69, 9.17) is 14.2 Å². The Morgan fingerprint density at radius 2 is 2.06 bits per heavy atom. The van der Waals surface area contributed by atoms with E-state index >= 15 is 0 Å². The monoisotopic (exact) mass is 261 g/mol. The minimum atomic E-state index is -1.28. The lowest BCUT2D eigenvalue weighted by Gasteiger charge is -2.48. The molecule has 3 N–H and O–H groups in total. The fourth-order valence-corrected chi connectivity index (χ4v) is 2.25. The van der Waals surface area contributed by atoms with E-state index in [1.807, 2.05) is 0 Å². The third kappa shape index (κ3) is 2.65. The molecule has 0 aromatic heterocycles. The number of hydrogen-bond acceptors (Lipinski definition) is 6. The van der Waals surface area contributed by atoms with Gasteiger partial charge in [-0.1, -0.05) is 0 Å². The van der Waals surface area contributed by atoms with E-state index in [0.29, 0.717) is 0 Å². The van der Waals surface area contributed by atoms with Gasteiger partial charge in [0.1, 0.15) is 24.4 Å². The predicted octanol–water partition coefficient (Wildman–Crippen LogP) is -1.28. The standard InChI is InChI=1S/C11H19NO6/c1-5(13)12-7-8(14)9-6(17-10(7)15)4-16-11(2,3)18-9/h6-10,14-15H,4H2,1-3H3,(H,12,13)/t6?,7?,8-,9-,10-/m1/s1. The lowest BCUT2D eigenvalue weighted by Crippen LogP contribution is -2.67. The molecule has 0 aliphatic carbocycles. The summed E-state index contributed by atoms with van der Waals surface area (Å²) in [5.41, 5.74) is 0. The van der Waals surface area contributed by atoms with E-state index < -0.39 is 36.4 Å². The van der Waals surface area contributed by atoms with Crippen molar-refractivity contribution in [1.82, 2.24) is 5.32 Å². The number of carbonyl (C=O) groups is 1. The number of nitrogens with one attached hydrogen (secondary N) is 1. The van der Waals surface area contributed by atoms with Crippen molar-refractivity contribution in [2.75, 3.05) is 6.61 Å². The van der Waals surface area contributed by atoms with E-state index in [0.717, 1.165) is 0 Å². The fraction of sp³-hybridized carbons (Fsp3) is 0.909. The molecular weight excluding hydrogens is 242 g/mol. The van der Waals surface area contributed by atoms with Crippen LogP contribution in [0.15, 0.2) is 0 Å². The average Bonchev–Trinajstić information content (AvgIpc) is 2.25. The predicted molar refractivity (Wildman–Crippen MR) is 59.4 cm³/mol. The molecule has 0 spiro atoms. The van der Waals surface area contributed by atoms with Crippen molar-refractivity contribution in [3.8, 4) is 0 Å². The number of aliphatic hydroxyl groups excluding tert-OH is 2. The number of carbonyl (C=O) groups excluding carboxylic acids is 1. The molecule has 2 aliphatic heterocycles. The zero-order valence-electron chi connectivity index (χ0n) is 10.6. The van der Waals surface area contributed by atoms with Gasteiger partial charge in [-0.2, -0.15) is 0 Å². The molecule has 2 rings (SSSR count). The average molecular weight is 261 g/mol. The molecule has 104 valence electrons. The lowest BCUT2D eigenvalue weighted by molar-refractivity contribution is -0.364. The summed E-state index contributed by atoms with van der Waals surface area (Å²) in [5, 5.41) is 22.4. The van der Waals surface area contributed by atoms with Crippen molar-refractivity contribution in [1.29, 1.82) is 0 Å². The summed E-state index contributed by atoms with van der Waals surface area (Å²) in [6.07, 6.45) is -3.52. The van der Waals surface area contributed by atoms with Crippen LogP contribution in [0, 0.1) is 0 Å². The molecule has 5 atom stereocenters. The SMILES string of the molecule is CC(=O)NC1[C@H](O)OC2COC(C)(C)O[C@H]2[C@@H]1O. The molecule has 0 aromatic rings. The van der Waals surface area contributed by atoms with Crippen molar-refractivity contribution < 1.29 is 29.2 Å². The molecule has 7 heteroatoms. The van der Waals surface area contributed by atoms with Crippen molar-refractivity contribution in [3.05, 3.63) is 0 Å². The van der Waals surface area contributed by atoms with Crippen LogP contribution < -0.4 is 5.32 Å². The molecule has 0 bridgehead atoms. The quantitative estimate of drug-likeness (QED) is 0.544. The fourth-order valence-electron chi connectivity index (χ4n) is 2.25. The van der Waals surface area contributed by atoms with Crippen LogP contribution in [0.2, 0.25) is 0 Å². The molecule has 2 unspecified atom stereocenters. The number of rotatable bonds is 1. The van der Waals surface area contributed by atoms with E-state index in [-0.39, 0.29) is 12.5 Å². The Kier molecular flexibility index (Phi) is 3.61. The minimum Gasteiger partial charge on any atom is -0.388 e. The molecule has 2 fully saturated rings. The first-order chi connectivity index (χ1) is 8.30. The largest absolute Gasteiger partial charge is 0.388 e. The highest BCUT2D eigenvalue weighted by atomic mass is 16.7. The Morgan fingerprint density at radius 1 is 1.39 bits per heavy atom. The van der Waals surface area contributed by atoms with Crippen molar-refractivity contribution in [2.24, 2.45) is 0 Å². The number of hydrogen-bond donors (Lipinski definition) is 3.